The van der Waals surface area contributed by atoms with Gasteiger partial charge in [-0.3, -0.25) is 9.69 Å². The summed E-state index contributed by atoms with van der Waals surface area (Å²) in [6.07, 6.45) is -2.49. The molecule has 1 N–H and O–H groups in total. The second kappa shape index (κ2) is 6.36. The van der Waals surface area contributed by atoms with Crippen LogP contribution in [0.2, 0.25) is 5.02 Å². The third-order valence-electron chi connectivity index (χ3n) is 6.02. The number of benzene rings is 1. The Morgan fingerprint density at radius 2 is 1.96 bits per heavy atom. The van der Waals surface area contributed by atoms with Crippen LogP contribution in [0.3, 0.4) is 0 Å². The fourth-order valence-corrected chi connectivity index (χ4v) is 6.00. The van der Waals surface area contributed by atoms with Crippen LogP contribution >= 0.6 is 22.9 Å². The molecule has 3 nitrogen and oxygen atoms in total. The molecule has 3 saturated heterocycles. The number of nitrogens with zero attached hydrogens (tertiary/aromatic N) is 1. The number of halogens is 4. The van der Waals surface area contributed by atoms with E-state index < -0.39 is 11.7 Å². The quantitative estimate of drug-likeness (QED) is 0.731. The number of alkyl halides is 3. The van der Waals surface area contributed by atoms with E-state index in [4.69, 9.17) is 11.6 Å². The van der Waals surface area contributed by atoms with Crippen LogP contribution in [0.15, 0.2) is 18.2 Å². The van der Waals surface area contributed by atoms with E-state index in [-0.39, 0.29) is 32.1 Å². The zero-order chi connectivity index (χ0) is 19.6. The van der Waals surface area contributed by atoms with E-state index in [0.717, 1.165) is 37.3 Å². The molecule has 4 heterocycles. The van der Waals surface area contributed by atoms with Gasteiger partial charge in [-0.25, -0.2) is 0 Å². The third-order valence-corrected chi connectivity index (χ3v) is 7.50. The molecule has 8 heteroatoms. The number of hydrogen-bond donors (Lipinski definition) is 1. The molecular weight excluding hydrogens is 397 g/mol. The standard InChI is InChI=1S/C19H20ClF3N2OS/c1-18(2)16(10-5-7-25(18)8-6-10)24-17(26)13-9-11-3-4-12(20)14(15(11)27-13)19(21,22)23/h3-4,9-10,16H,5-8H2,1-2H3,(H,24,26)/t16-/m0/s1. The van der Waals surface area contributed by atoms with Gasteiger partial charge in [-0.15, -0.1) is 11.3 Å². The summed E-state index contributed by atoms with van der Waals surface area (Å²) in [6, 6.07) is 4.27. The van der Waals surface area contributed by atoms with Crippen molar-refractivity contribution in [3.8, 4) is 0 Å². The van der Waals surface area contributed by atoms with Gasteiger partial charge in [0.2, 0.25) is 0 Å². The average molecular weight is 417 g/mol. The number of rotatable bonds is 2. The van der Waals surface area contributed by atoms with E-state index >= 15 is 0 Å². The second-order valence-electron chi connectivity index (χ2n) is 7.88. The van der Waals surface area contributed by atoms with Crippen LogP contribution in [0.1, 0.15) is 41.9 Å². The Morgan fingerprint density at radius 1 is 1.30 bits per heavy atom. The third kappa shape index (κ3) is 3.13. The number of carbonyl (C=O) groups excluding carboxylic acids is 1. The number of nitrogens with one attached hydrogen (secondary N) is 1. The molecule has 2 bridgehead atoms. The van der Waals surface area contributed by atoms with Crippen molar-refractivity contribution in [2.24, 2.45) is 5.92 Å². The smallest absolute Gasteiger partial charge is 0.346 e. The van der Waals surface area contributed by atoms with Gasteiger partial charge in [0.25, 0.3) is 5.91 Å². The fraction of sp³-hybridized carbons (Fsp3) is 0.526. The number of fused-ring (bicyclic) bond motifs is 4. The molecule has 146 valence electrons. The number of thiophene rings is 1. The first-order chi connectivity index (χ1) is 12.6. The molecule has 0 spiro atoms. The molecule has 0 radical (unpaired) electrons. The predicted molar refractivity (Wildman–Crippen MR) is 101 cm³/mol. The van der Waals surface area contributed by atoms with Crippen molar-refractivity contribution >= 4 is 38.9 Å². The molecule has 2 aromatic rings. The topological polar surface area (TPSA) is 32.3 Å². The van der Waals surface area contributed by atoms with Gasteiger partial charge in [-0.2, -0.15) is 13.2 Å². The lowest BCUT2D eigenvalue weighted by Gasteiger charge is -2.56. The fourth-order valence-electron chi connectivity index (χ4n) is 4.54. The van der Waals surface area contributed by atoms with Gasteiger partial charge in [-0.05, 0) is 63.2 Å². The van der Waals surface area contributed by atoms with Crippen LogP contribution in [0, 0.1) is 5.92 Å². The first-order valence-corrected chi connectivity index (χ1v) is 10.1. The van der Waals surface area contributed by atoms with Gasteiger partial charge in [0.15, 0.2) is 0 Å². The first-order valence-electron chi connectivity index (χ1n) is 8.94. The summed E-state index contributed by atoms with van der Waals surface area (Å²) >= 11 is 6.64. The summed E-state index contributed by atoms with van der Waals surface area (Å²) in [4.78, 5) is 15.5. The number of piperidine rings is 3. The lowest BCUT2D eigenvalue weighted by molar-refractivity contribution is -0.136. The van der Waals surface area contributed by atoms with Gasteiger partial charge >= 0.3 is 6.18 Å². The lowest BCUT2D eigenvalue weighted by Crippen LogP contribution is -2.69. The van der Waals surface area contributed by atoms with Gasteiger partial charge in [0, 0.05) is 16.3 Å². The molecule has 1 aromatic carbocycles. The highest BCUT2D eigenvalue weighted by Crippen LogP contribution is 2.43. The molecule has 1 atom stereocenters. The molecule has 3 fully saturated rings. The SMILES string of the molecule is CC1(C)[C@@H](NC(=O)c2cc3ccc(Cl)c(C(F)(F)F)c3s2)C2CCN1CC2. The predicted octanol–water partition coefficient (Wildman–Crippen LogP) is 5.18. The lowest BCUT2D eigenvalue weighted by atomic mass is 9.72. The Hall–Kier alpha value is -1.31. The summed E-state index contributed by atoms with van der Waals surface area (Å²) < 4.78 is 40.2. The first kappa shape index (κ1) is 19.0. The van der Waals surface area contributed by atoms with Crippen LogP contribution in [0.25, 0.3) is 10.1 Å². The normalized spacial score (nSPS) is 27.1. The van der Waals surface area contributed by atoms with Crippen molar-refractivity contribution in [1.29, 1.82) is 0 Å². The van der Waals surface area contributed by atoms with Crippen molar-refractivity contribution in [1.82, 2.24) is 10.2 Å². The molecule has 0 aliphatic carbocycles. The van der Waals surface area contributed by atoms with Crippen LogP contribution in [0.5, 0.6) is 0 Å². The zero-order valence-electron chi connectivity index (χ0n) is 15.0. The summed E-state index contributed by atoms with van der Waals surface area (Å²) in [5, 5.41) is 3.15. The van der Waals surface area contributed by atoms with Crippen LogP contribution in [0.4, 0.5) is 13.2 Å². The summed E-state index contributed by atoms with van der Waals surface area (Å²) in [5.74, 6) is 0.0933. The Bertz CT molecular complexity index is 900. The van der Waals surface area contributed by atoms with E-state index in [2.05, 4.69) is 24.1 Å². The van der Waals surface area contributed by atoms with Gasteiger partial charge in [0.1, 0.15) is 0 Å². The highest BCUT2D eigenvalue weighted by Gasteiger charge is 2.48. The van der Waals surface area contributed by atoms with Crippen LogP contribution in [-0.4, -0.2) is 35.5 Å². The van der Waals surface area contributed by atoms with Crippen molar-refractivity contribution < 1.29 is 18.0 Å². The van der Waals surface area contributed by atoms with E-state index in [9.17, 15) is 18.0 Å². The van der Waals surface area contributed by atoms with Crippen molar-refractivity contribution in [2.45, 2.75) is 44.4 Å². The van der Waals surface area contributed by atoms with E-state index in [0.29, 0.717) is 11.3 Å². The summed E-state index contributed by atoms with van der Waals surface area (Å²) in [7, 11) is 0. The summed E-state index contributed by atoms with van der Waals surface area (Å²) in [6.45, 7) is 6.30. The molecule has 5 rings (SSSR count). The van der Waals surface area contributed by atoms with E-state index in [1.165, 1.54) is 18.2 Å². The number of amides is 1. The molecule has 27 heavy (non-hydrogen) atoms. The highest BCUT2D eigenvalue weighted by atomic mass is 35.5. The minimum atomic E-state index is -4.56. The maximum absolute atomic E-state index is 13.4. The second-order valence-corrected chi connectivity index (χ2v) is 9.34. The highest BCUT2D eigenvalue weighted by molar-refractivity contribution is 7.21. The van der Waals surface area contributed by atoms with Crippen molar-refractivity contribution in [3.63, 3.8) is 0 Å². The Morgan fingerprint density at radius 3 is 2.56 bits per heavy atom. The van der Waals surface area contributed by atoms with E-state index in [1.807, 2.05) is 0 Å². The molecule has 3 aliphatic rings. The maximum atomic E-state index is 13.4. The summed E-state index contributed by atoms with van der Waals surface area (Å²) in [5.41, 5.74) is -1.03. The Kier molecular flexibility index (Phi) is 4.48. The molecule has 3 aliphatic heterocycles. The van der Waals surface area contributed by atoms with Gasteiger partial charge in [-0.1, -0.05) is 17.7 Å². The Balaban J connectivity index is 1.66. The largest absolute Gasteiger partial charge is 0.419 e. The van der Waals surface area contributed by atoms with Crippen LogP contribution in [-0.2, 0) is 6.18 Å². The van der Waals surface area contributed by atoms with Crippen molar-refractivity contribution in [3.05, 3.63) is 33.7 Å². The molecular formula is C19H20ClF3N2OS. The minimum absolute atomic E-state index is 0.00771. The molecule has 0 unspecified atom stereocenters. The van der Waals surface area contributed by atoms with E-state index in [1.54, 1.807) is 0 Å². The monoisotopic (exact) mass is 416 g/mol. The molecule has 0 saturated carbocycles. The van der Waals surface area contributed by atoms with Crippen molar-refractivity contribution in [2.75, 3.05) is 13.1 Å². The van der Waals surface area contributed by atoms with Gasteiger partial charge < -0.3 is 5.32 Å². The number of hydrogen-bond acceptors (Lipinski definition) is 3. The molecule has 1 amide bonds. The van der Waals surface area contributed by atoms with Crippen LogP contribution < -0.4 is 5.32 Å². The number of carbonyl (C=O) groups is 1. The maximum Gasteiger partial charge on any atom is 0.419 e. The Labute approximate surface area is 164 Å². The minimum Gasteiger partial charge on any atom is -0.346 e. The van der Waals surface area contributed by atoms with Gasteiger partial charge in [0.05, 0.1) is 15.5 Å². The average Bonchev–Trinajstić information content (AvgIpc) is 3.01. The molecule has 1 aromatic heterocycles. The zero-order valence-corrected chi connectivity index (χ0v) is 16.6.